The Morgan fingerprint density at radius 1 is 1.25 bits per heavy atom. The Kier molecular flexibility index (Phi) is 5.16. The van der Waals surface area contributed by atoms with Gasteiger partial charge >= 0.3 is 0 Å². The number of nitrogens with zero attached hydrogens (tertiary/aromatic N) is 1. The van der Waals surface area contributed by atoms with Crippen LogP contribution in [0.3, 0.4) is 0 Å². The molecule has 20 heavy (non-hydrogen) atoms. The minimum Gasteiger partial charge on any atom is -0.345 e. The lowest BCUT2D eigenvalue weighted by Gasteiger charge is -2.25. The predicted molar refractivity (Wildman–Crippen MR) is 78.5 cm³/mol. The van der Waals surface area contributed by atoms with Crippen LogP contribution < -0.4 is 10.6 Å². The van der Waals surface area contributed by atoms with Crippen molar-refractivity contribution >= 4 is 11.7 Å². The third kappa shape index (κ3) is 4.03. The van der Waals surface area contributed by atoms with Crippen LogP contribution in [-0.4, -0.2) is 54.4 Å². The fourth-order valence-electron chi connectivity index (χ4n) is 3.32. The van der Waals surface area contributed by atoms with E-state index in [0.717, 1.165) is 19.5 Å². The fourth-order valence-corrected chi connectivity index (χ4v) is 3.32. The highest BCUT2D eigenvalue weighted by Crippen LogP contribution is 2.20. The number of carbonyl (C=O) groups is 2. The summed E-state index contributed by atoms with van der Waals surface area (Å²) in [4.78, 5) is 25.9. The zero-order valence-corrected chi connectivity index (χ0v) is 12.8. The molecule has 3 atom stereocenters. The minimum atomic E-state index is -0.357. The molecule has 2 aliphatic rings. The van der Waals surface area contributed by atoms with Crippen molar-refractivity contribution in [1.29, 1.82) is 0 Å². The third-order valence-electron chi connectivity index (χ3n) is 4.40. The first-order valence-electron chi connectivity index (χ1n) is 7.74. The Morgan fingerprint density at radius 2 is 1.95 bits per heavy atom. The van der Waals surface area contributed by atoms with Gasteiger partial charge in [0.1, 0.15) is 0 Å². The summed E-state index contributed by atoms with van der Waals surface area (Å²) < 4.78 is 0. The van der Waals surface area contributed by atoms with Crippen LogP contribution in [-0.2, 0) is 9.59 Å². The van der Waals surface area contributed by atoms with E-state index in [9.17, 15) is 9.59 Å². The fraction of sp³-hybridized carbons (Fsp3) is 0.867. The van der Waals surface area contributed by atoms with E-state index in [1.54, 1.807) is 6.92 Å². The van der Waals surface area contributed by atoms with E-state index in [1.165, 1.54) is 12.8 Å². The van der Waals surface area contributed by atoms with Gasteiger partial charge in [-0.2, -0.15) is 0 Å². The Morgan fingerprint density at radius 3 is 2.60 bits per heavy atom. The summed E-state index contributed by atoms with van der Waals surface area (Å²) >= 11 is 0. The van der Waals surface area contributed by atoms with Gasteiger partial charge in [-0.05, 0) is 32.1 Å². The standard InChI is InChI=1S/C15H27N3O2/c1-10(2)15(11(3)19)17-14(20)9-18-7-6-12-4-5-13(8-18)16-12/h10,12-13,15-16H,4-9H2,1-3H3,(H,17,20). The normalized spacial score (nSPS) is 28.2. The van der Waals surface area contributed by atoms with Gasteiger partial charge in [0.05, 0.1) is 12.6 Å². The maximum atomic E-state index is 12.1. The molecule has 2 bridgehead atoms. The van der Waals surface area contributed by atoms with Gasteiger partial charge in [0.2, 0.25) is 5.91 Å². The maximum Gasteiger partial charge on any atom is 0.234 e. The number of hydrogen-bond donors (Lipinski definition) is 2. The molecule has 114 valence electrons. The summed E-state index contributed by atoms with van der Waals surface area (Å²) in [5.74, 6) is 0.139. The number of rotatable bonds is 5. The summed E-state index contributed by atoms with van der Waals surface area (Å²) in [6, 6.07) is 0.807. The zero-order chi connectivity index (χ0) is 14.7. The van der Waals surface area contributed by atoms with Crippen molar-refractivity contribution in [3.8, 4) is 0 Å². The van der Waals surface area contributed by atoms with Gasteiger partial charge in [-0.3, -0.25) is 14.5 Å². The number of ketones is 1. The van der Waals surface area contributed by atoms with Crippen LogP contribution in [0, 0.1) is 5.92 Å². The summed E-state index contributed by atoms with van der Waals surface area (Å²) in [5, 5.41) is 6.48. The Labute approximate surface area is 121 Å². The highest BCUT2D eigenvalue weighted by Gasteiger charge is 2.30. The average molecular weight is 281 g/mol. The van der Waals surface area contributed by atoms with Crippen molar-refractivity contribution in [3.63, 3.8) is 0 Å². The summed E-state index contributed by atoms with van der Waals surface area (Å²) in [5.41, 5.74) is 0. The highest BCUT2D eigenvalue weighted by atomic mass is 16.2. The Bertz CT molecular complexity index is 370. The molecule has 2 heterocycles. The third-order valence-corrected chi connectivity index (χ3v) is 4.40. The molecule has 0 spiro atoms. The lowest BCUT2D eigenvalue weighted by molar-refractivity contribution is -0.128. The van der Waals surface area contributed by atoms with Crippen molar-refractivity contribution in [2.24, 2.45) is 5.92 Å². The second-order valence-corrected chi connectivity index (χ2v) is 6.56. The van der Waals surface area contributed by atoms with Crippen molar-refractivity contribution < 1.29 is 9.59 Å². The van der Waals surface area contributed by atoms with Gasteiger partial charge in [0.15, 0.2) is 5.78 Å². The first kappa shape index (κ1) is 15.4. The van der Waals surface area contributed by atoms with E-state index in [0.29, 0.717) is 18.6 Å². The summed E-state index contributed by atoms with van der Waals surface area (Å²) in [7, 11) is 0. The molecule has 0 saturated carbocycles. The second-order valence-electron chi connectivity index (χ2n) is 6.56. The van der Waals surface area contributed by atoms with Crippen molar-refractivity contribution in [3.05, 3.63) is 0 Å². The van der Waals surface area contributed by atoms with Crippen LogP contribution in [0.2, 0.25) is 0 Å². The lowest BCUT2D eigenvalue weighted by atomic mass is 10.0. The maximum absolute atomic E-state index is 12.1. The number of nitrogens with one attached hydrogen (secondary N) is 2. The molecule has 2 fully saturated rings. The molecular formula is C15H27N3O2. The number of fused-ring (bicyclic) bond motifs is 2. The molecule has 0 radical (unpaired) electrons. The molecule has 2 saturated heterocycles. The quantitative estimate of drug-likeness (QED) is 0.772. The summed E-state index contributed by atoms with van der Waals surface area (Å²) in [6.07, 6.45) is 3.60. The van der Waals surface area contributed by atoms with Crippen molar-refractivity contribution in [2.45, 2.75) is 58.2 Å². The van der Waals surface area contributed by atoms with E-state index >= 15 is 0 Å². The number of amides is 1. The molecule has 0 aromatic rings. The van der Waals surface area contributed by atoms with E-state index in [4.69, 9.17) is 0 Å². The molecule has 1 amide bonds. The van der Waals surface area contributed by atoms with Gasteiger partial charge in [-0.1, -0.05) is 13.8 Å². The van der Waals surface area contributed by atoms with Gasteiger partial charge in [0, 0.05) is 25.2 Å². The smallest absolute Gasteiger partial charge is 0.234 e. The van der Waals surface area contributed by atoms with E-state index < -0.39 is 0 Å². The van der Waals surface area contributed by atoms with E-state index in [1.807, 2.05) is 13.8 Å². The zero-order valence-electron chi connectivity index (χ0n) is 12.8. The van der Waals surface area contributed by atoms with Crippen LogP contribution in [0.4, 0.5) is 0 Å². The Hall–Kier alpha value is -0.940. The molecule has 0 aromatic heterocycles. The lowest BCUT2D eigenvalue weighted by Crippen LogP contribution is -2.48. The molecule has 0 aliphatic carbocycles. The number of carbonyl (C=O) groups excluding carboxylic acids is 2. The van der Waals surface area contributed by atoms with Crippen LogP contribution >= 0.6 is 0 Å². The topological polar surface area (TPSA) is 61.4 Å². The molecule has 2 aliphatic heterocycles. The van der Waals surface area contributed by atoms with Crippen molar-refractivity contribution in [2.75, 3.05) is 19.6 Å². The first-order valence-corrected chi connectivity index (χ1v) is 7.74. The Balaban J connectivity index is 1.83. The average Bonchev–Trinajstić information content (AvgIpc) is 2.69. The molecule has 0 aromatic carbocycles. The second kappa shape index (κ2) is 6.68. The molecule has 2 N–H and O–H groups in total. The molecule has 2 rings (SSSR count). The largest absolute Gasteiger partial charge is 0.345 e. The molecule has 5 heteroatoms. The van der Waals surface area contributed by atoms with Crippen LogP contribution in [0.15, 0.2) is 0 Å². The minimum absolute atomic E-state index is 0.0309. The van der Waals surface area contributed by atoms with Gasteiger partial charge in [0.25, 0.3) is 0 Å². The van der Waals surface area contributed by atoms with Crippen molar-refractivity contribution in [1.82, 2.24) is 15.5 Å². The van der Waals surface area contributed by atoms with Gasteiger partial charge in [-0.15, -0.1) is 0 Å². The first-order chi connectivity index (χ1) is 9.45. The molecule has 3 unspecified atom stereocenters. The van der Waals surface area contributed by atoms with Gasteiger partial charge < -0.3 is 10.6 Å². The van der Waals surface area contributed by atoms with Crippen LogP contribution in [0.1, 0.15) is 40.0 Å². The predicted octanol–water partition coefficient (Wildman–Crippen LogP) is 0.543. The monoisotopic (exact) mass is 281 g/mol. The number of hydrogen-bond acceptors (Lipinski definition) is 4. The van der Waals surface area contributed by atoms with Crippen LogP contribution in [0.25, 0.3) is 0 Å². The van der Waals surface area contributed by atoms with E-state index in [2.05, 4.69) is 15.5 Å². The molecule has 5 nitrogen and oxygen atoms in total. The highest BCUT2D eigenvalue weighted by molar-refractivity contribution is 5.88. The summed E-state index contributed by atoms with van der Waals surface area (Å²) in [6.45, 7) is 7.77. The van der Waals surface area contributed by atoms with Crippen LogP contribution in [0.5, 0.6) is 0 Å². The van der Waals surface area contributed by atoms with E-state index in [-0.39, 0.29) is 23.7 Å². The number of likely N-dealkylation sites (tertiary alicyclic amines) is 1. The molecular weight excluding hydrogens is 254 g/mol. The van der Waals surface area contributed by atoms with Gasteiger partial charge in [-0.25, -0.2) is 0 Å². The SMILES string of the molecule is CC(=O)C(NC(=O)CN1CCC2CCC(C1)N2)C(C)C. The number of Topliss-reactive ketones (excluding diaryl/α,β-unsaturated/α-hetero) is 1.